The van der Waals surface area contributed by atoms with Crippen molar-refractivity contribution in [3.05, 3.63) is 44.3 Å². The van der Waals surface area contributed by atoms with E-state index < -0.39 is 0 Å². The van der Waals surface area contributed by atoms with Crippen LogP contribution in [0.25, 0.3) is 0 Å². The fraction of sp³-hybridized carbons (Fsp3) is 0.231. The van der Waals surface area contributed by atoms with E-state index in [1.54, 1.807) is 18.2 Å². The van der Waals surface area contributed by atoms with Crippen LogP contribution in [0.3, 0.4) is 0 Å². The monoisotopic (exact) mass is 358 g/mol. The molecule has 100 valence electrons. The quantitative estimate of drug-likeness (QED) is 0.844. The zero-order valence-corrected chi connectivity index (χ0v) is 13.6. The predicted molar refractivity (Wildman–Crippen MR) is 83.3 cm³/mol. The summed E-state index contributed by atoms with van der Waals surface area (Å²) < 4.78 is 0.698. The summed E-state index contributed by atoms with van der Waals surface area (Å²) in [5.41, 5.74) is 1.40. The van der Waals surface area contributed by atoms with Crippen LogP contribution in [0.15, 0.2) is 28.1 Å². The summed E-state index contributed by atoms with van der Waals surface area (Å²) in [5, 5.41) is 5.70. The van der Waals surface area contributed by atoms with Crippen molar-refractivity contribution in [2.75, 3.05) is 5.32 Å². The van der Waals surface area contributed by atoms with Gasteiger partial charge >= 0.3 is 0 Å². The molecule has 19 heavy (non-hydrogen) atoms. The minimum Gasteiger partial charge on any atom is -0.298 e. The van der Waals surface area contributed by atoms with E-state index in [9.17, 15) is 4.79 Å². The molecule has 0 aliphatic carbocycles. The van der Waals surface area contributed by atoms with Crippen molar-refractivity contribution in [2.24, 2.45) is 0 Å². The Morgan fingerprint density at radius 2 is 2.21 bits per heavy atom. The van der Waals surface area contributed by atoms with E-state index >= 15 is 0 Å². The highest BCUT2D eigenvalue weighted by Gasteiger charge is 2.14. The average Bonchev–Trinajstić information content (AvgIpc) is 2.81. The Hall–Kier alpha value is -0.910. The molecule has 1 aromatic heterocycles. The number of benzene rings is 1. The van der Waals surface area contributed by atoms with Gasteiger partial charge in [0, 0.05) is 9.85 Å². The van der Waals surface area contributed by atoms with Crippen LogP contribution in [-0.2, 0) is 0 Å². The Morgan fingerprint density at radius 3 is 2.84 bits per heavy atom. The van der Waals surface area contributed by atoms with E-state index in [1.807, 2.05) is 5.38 Å². The summed E-state index contributed by atoms with van der Waals surface area (Å²) in [6, 6.07) is 5.24. The Balaban J connectivity index is 2.18. The van der Waals surface area contributed by atoms with Gasteiger partial charge in [-0.25, -0.2) is 4.98 Å². The van der Waals surface area contributed by atoms with Gasteiger partial charge in [-0.1, -0.05) is 31.5 Å². The second-order valence-electron chi connectivity index (χ2n) is 4.29. The molecule has 0 unspecified atom stereocenters. The summed E-state index contributed by atoms with van der Waals surface area (Å²) in [5.74, 6) is 0.0901. The maximum Gasteiger partial charge on any atom is 0.258 e. The molecule has 0 atom stereocenters. The van der Waals surface area contributed by atoms with E-state index in [1.165, 1.54) is 11.3 Å². The lowest BCUT2D eigenvalue weighted by Gasteiger charge is -2.05. The molecule has 0 saturated carbocycles. The van der Waals surface area contributed by atoms with Crippen LogP contribution in [-0.4, -0.2) is 10.9 Å². The molecular formula is C13H12BrClN2OS. The van der Waals surface area contributed by atoms with Crippen LogP contribution < -0.4 is 5.32 Å². The number of hydrogen-bond acceptors (Lipinski definition) is 3. The number of rotatable bonds is 3. The predicted octanol–water partition coefficient (Wildman–Crippen LogP) is 4.93. The highest BCUT2D eigenvalue weighted by atomic mass is 79.9. The number of halogens is 2. The summed E-state index contributed by atoms with van der Waals surface area (Å²) in [7, 11) is 0. The molecule has 1 aromatic carbocycles. The average molecular weight is 360 g/mol. The number of anilines is 1. The highest BCUT2D eigenvalue weighted by Crippen LogP contribution is 2.27. The number of aromatic nitrogens is 1. The second kappa shape index (κ2) is 6.03. The fourth-order valence-corrected chi connectivity index (χ4v) is 2.90. The van der Waals surface area contributed by atoms with E-state index in [4.69, 9.17) is 11.6 Å². The molecule has 2 rings (SSSR count). The molecule has 0 fully saturated rings. The first-order valence-electron chi connectivity index (χ1n) is 5.70. The molecule has 2 aromatic rings. The number of hydrogen-bond donors (Lipinski definition) is 1. The van der Waals surface area contributed by atoms with Crippen molar-refractivity contribution in [1.82, 2.24) is 4.98 Å². The maximum atomic E-state index is 12.1. The molecule has 3 nitrogen and oxygen atoms in total. The lowest BCUT2D eigenvalue weighted by atomic mass is 10.2. The Morgan fingerprint density at radius 1 is 1.47 bits per heavy atom. The summed E-state index contributed by atoms with van der Waals surface area (Å²) in [6.07, 6.45) is 0. The van der Waals surface area contributed by atoms with Crippen molar-refractivity contribution in [2.45, 2.75) is 19.8 Å². The minimum absolute atomic E-state index is 0.254. The molecule has 0 aliphatic heterocycles. The van der Waals surface area contributed by atoms with Crippen LogP contribution in [0, 0.1) is 0 Å². The molecule has 6 heteroatoms. The fourth-order valence-electron chi connectivity index (χ4n) is 1.45. The van der Waals surface area contributed by atoms with Crippen molar-refractivity contribution < 1.29 is 4.79 Å². The second-order valence-corrected chi connectivity index (χ2v) is 6.38. The van der Waals surface area contributed by atoms with Crippen LogP contribution in [0.5, 0.6) is 0 Å². The van der Waals surface area contributed by atoms with Crippen LogP contribution in [0.4, 0.5) is 5.13 Å². The number of amides is 1. The van der Waals surface area contributed by atoms with Gasteiger partial charge in [-0.15, -0.1) is 11.3 Å². The zero-order chi connectivity index (χ0) is 14.0. The third-order valence-corrected chi connectivity index (χ3v) is 4.60. The number of thiazole rings is 1. The summed E-state index contributed by atoms with van der Waals surface area (Å²) in [6.45, 7) is 4.12. The normalized spacial score (nSPS) is 10.8. The molecule has 1 N–H and O–H groups in total. The smallest absolute Gasteiger partial charge is 0.258 e. The molecule has 0 bridgehead atoms. The Bertz CT molecular complexity index is 612. The molecule has 0 aliphatic rings. The van der Waals surface area contributed by atoms with E-state index in [2.05, 4.69) is 40.1 Å². The molecule has 0 spiro atoms. The molecular weight excluding hydrogens is 348 g/mol. The van der Waals surface area contributed by atoms with Gasteiger partial charge in [-0.2, -0.15) is 0 Å². The third kappa shape index (κ3) is 3.35. The summed E-state index contributed by atoms with van der Waals surface area (Å²) >= 11 is 10.8. The third-order valence-electron chi connectivity index (χ3n) is 2.53. The molecule has 0 radical (unpaired) electrons. The van der Waals surface area contributed by atoms with Gasteiger partial charge in [-0.05, 0) is 34.0 Å². The van der Waals surface area contributed by atoms with Gasteiger partial charge < -0.3 is 0 Å². The standard InChI is InChI=1S/C13H12BrClN2OS/c1-7(2)10-6-19-13(16-10)17-12(18)8-4-3-5-9(14)11(8)15/h3-7H,1-2H3,(H,16,17,18). The van der Waals surface area contributed by atoms with Crippen LogP contribution in [0.2, 0.25) is 5.02 Å². The largest absolute Gasteiger partial charge is 0.298 e. The number of carbonyl (C=O) groups is 1. The minimum atomic E-state index is -0.254. The van der Waals surface area contributed by atoms with Gasteiger partial charge in [0.15, 0.2) is 5.13 Å². The van der Waals surface area contributed by atoms with Gasteiger partial charge in [0.2, 0.25) is 0 Å². The lowest BCUT2D eigenvalue weighted by Crippen LogP contribution is -2.12. The van der Waals surface area contributed by atoms with E-state index in [0.29, 0.717) is 26.1 Å². The Kier molecular flexibility index (Phi) is 4.60. The number of carbonyl (C=O) groups excluding carboxylic acids is 1. The summed E-state index contributed by atoms with van der Waals surface area (Å²) in [4.78, 5) is 16.5. The lowest BCUT2D eigenvalue weighted by molar-refractivity contribution is 0.102. The van der Waals surface area contributed by atoms with E-state index in [0.717, 1.165) is 5.69 Å². The first-order chi connectivity index (χ1) is 8.99. The topological polar surface area (TPSA) is 42.0 Å². The first-order valence-corrected chi connectivity index (χ1v) is 7.75. The van der Waals surface area contributed by atoms with Gasteiger partial charge in [0.25, 0.3) is 5.91 Å². The van der Waals surface area contributed by atoms with Gasteiger partial charge in [0.05, 0.1) is 16.3 Å². The van der Waals surface area contributed by atoms with Crippen molar-refractivity contribution in [3.63, 3.8) is 0 Å². The highest BCUT2D eigenvalue weighted by molar-refractivity contribution is 9.10. The van der Waals surface area contributed by atoms with Crippen LogP contribution in [0.1, 0.15) is 35.8 Å². The van der Waals surface area contributed by atoms with Gasteiger partial charge in [-0.3, -0.25) is 10.1 Å². The van der Waals surface area contributed by atoms with Crippen molar-refractivity contribution in [1.29, 1.82) is 0 Å². The molecule has 0 saturated heterocycles. The molecule has 1 amide bonds. The Labute approximate surface area is 129 Å². The van der Waals surface area contributed by atoms with Crippen molar-refractivity contribution >= 4 is 49.9 Å². The first kappa shape index (κ1) is 14.5. The maximum absolute atomic E-state index is 12.1. The van der Waals surface area contributed by atoms with E-state index in [-0.39, 0.29) is 5.91 Å². The number of nitrogens with one attached hydrogen (secondary N) is 1. The van der Waals surface area contributed by atoms with Crippen molar-refractivity contribution in [3.8, 4) is 0 Å². The SMILES string of the molecule is CC(C)c1csc(NC(=O)c2cccc(Br)c2Cl)n1. The zero-order valence-electron chi connectivity index (χ0n) is 10.4. The van der Waals surface area contributed by atoms with Crippen LogP contribution >= 0.6 is 38.9 Å². The number of nitrogens with zero attached hydrogens (tertiary/aromatic N) is 1. The van der Waals surface area contributed by atoms with Gasteiger partial charge in [0.1, 0.15) is 0 Å². The molecule has 1 heterocycles.